The highest BCUT2D eigenvalue weighted by molar-refractivity contribution is 7.09. The van der Waals surface area contributed by atoms with Crippen molar-refractivity contribution >= 4 is 23.3 Å². The first-order valence-corrected chi connectivity index (χ1v) is 6.98. The average Bonchev–Trinajstić information content (AvgIpc) is 2.78. The number of carbonyl (C=O) groups excluding carboxylic acids is 1. The maximum absolute atomic E-state index is 11.9. The Morgan fingerprint density at radius 1 is 1.58 bits per heavy atom. The maximum atomic E-state index is 11.9. The normalized spacial score (nSPS) is 11.9. The highest BCUT2D eigenvalue weighted by Crippen LogP contribution is 2.11. The Morgan fingerprint density at radius 3 is 2.74 bits per heavy atom. The number of hydrogen-bond acceptors (Lipinski definition) is 4. The molecule has 0 bridgehead atoms. The van der Waals surface area contributed by atoms with Crippen LogP contribution in [0.4, 0.5) is 4.79 Å². The van der Waals surface area contributed by atoms with E-state index in [4.69, 9.17) is 5.11 Å². The Balaban J connectivity index is 2.50. The summed E-state index contributed by atoms with van der Waals surface area (Å²) >= 11 is 1.49. The van der Waals surface area contributed by atoms with E-state index in [1.54, 1.807) is 12.4 Å². The van der Waals surface area contributed by atoms with Gasteiger partial charge in [0, 0.05) is 18.0 Å². The Bertz CT molecular complexity index is 447. The third-order valence-electron chi connectivity index (χ3n) is 2.83. The van der Waals surface area contributed by atoms with Gasteiger partial charge in [0.1, 0.15) is 0 Å². The molecule has 106 valence electrons. The van der Waals surface area contributed by atoms with Gasteiger partial charge in [0.05, 0.1) is 23.7 Å². The van der Waals surface area contributed by atoms with Crippen LogP contribution in [-0.2, 0) is 11.3 Å². The van der Waals surface area contributed by atoms with Crippen LogP contribution in [0.2, 0.25) is 0 Å². The maximum Gasteiger partial charge on any atom is 0.317 e. The molecule has 0 saturated carbocycles. The molecule has 7 heteroatoms. The second kappa shape index (κ2) is 7.08. The van der Waals surface area contributed by atoms with Crippen LogP contribution in [0.1, 0.15) is 24.4 Å². The van der Waals surface area contributed by atoms with Crippen molar-refractivity contribution in [3.05, 3.63) is 16.1 Å². The number of urea groups is 1. The Labute approximate surface area is 116 Å². The fraction of sp³-hybridized carbons (Fsp3) is 0.583. The van der Waals surface area contributed by atoms with E-state index in [0.717, 1.165) is 10.6 Å². The molecular weight excluding hydrogens is 266 g/mol. The number of carboxylic acid groups (broad SMARTS) is 1. The predicted molar refractivity (Wildman–Crippen MR) is 73.1 cm³/mol. The summed E-state index contributed by atoms with van der Waals surface area (Å²) in [7, 11) is 0. The highest BCUT2D eigenvalue weighted by Gasteiger charge is 2.19. The molecule has 2 amide bonds. The van der Waals surface area contributed by atoms with Crippen molar-refractivity contribution in [3.63, 3.8) is 0 Å². The van der Waals surface area contributed by atoms with Crippen LogP contribution in [0, 0.1) is 12.8 Å². The van der Waals surface area contributed by atoms with Crippen molar-refractivity contribution in [1.29, 1.82) is 0 Å². The van der Waals surface area contributed by atoms with Gasteiger partial charge in [0.15, 0.2) is 0 Å². The minimum Gasteiger partial charge on any atom is -0.481 e. The lowest BCUT2D eigenvalue weighted by atomic mass is 10.2. The molecule has 1 unspecified atom stereocenters. The first-order valence-electron chi connectivity index (χ1n) is 6.10. The van der Waals surface area contributed by atoms with E-state index in [2.05, 4.69) is 10.3 Å². The molecule has 1 aromatic rings. The van der Waals surface area contributed by atoms with Gasteiger partial charge in [0.2, 0.25) is 0 Å². The zero-order valence-corrected chi connectivity index (χ0v) is 12.2. The Morgan fingerprint density at radius 2 is 2.26 bits per heavy atom. The monoisotopic (exact) mass is 285 g/mol. The van der Waals surface area contributed by atoms with Gasteiger partial charge in [0.25, 0.3) is 0 Å². The first-order chi connectivity index (χ1) is 8.95. The summed E-state index contributed by atoms with van der Waals surface area (Å²) in [5.74, 6) is -1.47. The number of aromatic nitrogens is 1. The van der Waals surface area contributed by atoms with E-state index in [-0.39, 0.29) is 12.6 Å². The van der Waals surface area contributed by atoms with Crippen molar-refractivity contribution in [3.8, 4) is 0 Å². The summed E-state index contributed by atoms with van der Waals surface area (Å²) < 4.78 is 0. The highest BCUT2D eigenvalue weighted by atomic mass is 32.1. The molecule has 0 aliphatic rings. The quantitative estimate of drug-likeness (QED) is 0.833. The number of amides is 2. The van der Waals surface area contributed by atoms with Crippen LogP contribution >= 0.6 is 11.3 Å². The first kappa shape index (κ1) is 15.4. The van der Waals surface area contributed by atoms with E-state index < -0.39 is 11.9 Å². The zero-order chi connectivity index (χ0) is 14.4. The number of thiazole rings is 1. The van der Waals surface area contributed by atoms with Crippen molar-refractivity contribution in [1.82, 2.24) is 15.2 Å². The van der Waals surface area contributed by atoms with Crippen LogP contribution in [-0.4, -0.2) is 40.1 Å². The van der Waals surface area contributed by atoms with Gasteiger partial charge in [-0.3, -0.25) is 4.79 Å². The predicted octanol–water partition coefficient (Wildman–Crippen LogP) is 1.70. The fourth-order valence-corrected chi connectivity index (χ4v) is 2.24. The number of rotatable bonds is 6. The molecule has 1 atom stereocenters. The van der Waals surface area contributed by atoms with Crippen LogP contribution in [0.3, 0.4) is 0 Å². The number of nitrogens with one attached hydrogen (secondary N) is 1. The molecule has 0 spiro atoms. The Kier molecular flexibility index (Phi) is 5.75. The molecule has 1 rings (SSSR count). The molecule has 0 saturated heterocycles. The SMILES string of the molecule is CCN(CC(C)C(=O)O)C(=O)NCc1scnc1C. The van der Waals surface area contributed by atoms with Crippen LogP contribution in [0.5, 0.6) is 0 Å². The van der Waals surface area contributed by atoms with Crippen molar-refractivity contribution in [2.45, 2.75) is 27.3 Å². The van der Waals surface area contributed by atoms with Gasteiger partial charge < -0.3 is 15.3 Å². The average molecular weight is 285 g/mol. The smallest absolute Gasteiger partial charge is 0.317 e. The topological polar surface area (TPSA) is 82.5 Å². The van der Waals surface area contributed by atoms with Crippen molar-refractivity contribution < 1.29 is 14.7 Å². The molecule has 6 nitrogen and oxygen atoms in total. The third kappa shape index (κ3) is 4.51. The van der Waals surface area contributed by atoms with Crippen LogP contribution in [0.25, 0.3) is 0 Å². The minimum absolute atomic E-state index is 0.208. The summed E-state index contributed by atoms with van der Waals surface area (Å²) in [6.07, 6.45) is 0. The van der Waals surface area contributed by atoms with E-state index >= 15 is 0 Å². The molecule has 19 heavy (non-hydrogen) atoms. The van der Waals surface area contributed by atoms with E-state index in [0.29, 0.717) is 13.1 Å². The number of carbonyl (C=O) groups is 2. The zero-order valence-electron chi connectivity index (χ0n) is 11.3. The van der Waals surface area contributed by atoms with Gasteiger partial charge in [-0.05, 0) is 13.8 Å². The van der Waals surface area contributed by atoms with Gasteiger partial charge in [-0.1, -0.05) is 6.92 Å². The number of hydrogen-bond donors (Lipinski definition) is 2. The van der Waals surface area contributed by atoms with Crippen LogP contribution < -0.4 is 5.32 Å². The van der Waals surface area contributed by atoms with Gasteiger partial charge in [-0.25, -0.2) is 9.78 Å². The van der Waals surface area contributed by atoms with Gasteiger partial charge >= 0.3 is 12.0 Å². The second-order valence-corrected chi connectivity index (χ2v) is 5.24. The summed E-state index contributed by atoms with van der Waals surface area (Å²) in [4.78, 5) is 29.4. The van der Waals surface area contributed by atoms with Gasteiger partial charge in [-0.15, -0.1) is 11.3 Å². The molecule has 0 aromatic carbocycles. The molecule has 1 aromatic heterocycles. The largest absolute Gasteiger partial charge is 0.481 e. The fourth-order valence-electron chi connectivity index (χ4n) is 1.53. The molecular formula is C12H19N3O3S. The number of carboxylic acids is 1. The lowest BCUT2D eigenvalue weighted by Gasteiger charge is -2.23. The standard InChI is InChI=1S/C12H19N3O3S/c1-4-15(6-8(2)11(16)17)12(18)13-5-10-9(3)14-7-19-10/h7-8H,4-6H2,1-3H3,(H,13,18)(H,16,17). The summed E-state index contributed by atoms with van der Waals surface area (Å²) in [6.45, 7) is 6.41. The van der Waals surface area contributed by atoms with Gasteiger partial charge in [-0.2, -0.15) is 0 Å². The third-order valence-corrected chi connectivity index (χ3v) is 3.76. The molecule has 1 heterocycles. The Hall–Kier alpha value is -1.63. The molecule has 0 aliphatic heterocycles. The van der Waals surface area contributed by atoms with Crippen LogP contribution in [0.15, 0.2) is 5.51 Å². The minimum atomic E-state index is -0.899. The summed E-state index contributed by atoms with van der Waals surface area (Å²) in [5, 5.41) is 11.6. The molecule has 0 aliphatic carbocycles. The summed E-state index contributed by atoms with van der Waals surface area (Å²) in [5.41, 5.74) is 2.65. The van der Waals surface area contributed by atoms with E-state index in [1.165, 1.54) is 16.2 Å². The molecule has 0 radical (unpaired) electrons. The van der Waals surface area contributed by atoms with E-state index in [1.807, 2.05) is 13.8 Å². The second-order valence-electron chi connectivity index (χ2n) is 4.30. The lowest BCUT2D eigenvalue weighted by molar-refractivity contribution is -0.141. The number of nitrogens with zero attached hydrogens (tertiary/aromatic N) is 2. The molecule has 0 fully saturated rings. The van der Waals surface area contributed by atoms with Crippen molar-refractivity contribution in [2.75, 3.05) is 13.1 Å². The number of aliphatic carboxylic acids is 1. The summed E-state index contributed by atoms with van der Waals surface area (Å²) in [6, 6.07) is -0.247. The van der Waals surface area contributed by atoms with E-state index in [9.17, 15) is 9.59 Å². The molecule has 2 N–H and O–H groups in total. The lowest BCUT2D eigenvalue weighted by Crippen LogP contribution is -2.42. The van der Waals surface area contributed by atoms with Crippen molar-refractivity contribution in [2.24, 2.45) is 5.92 Å². The number of aryl methyl sites for hydroxylation is 1.